The Morgan fingerprint density at radius 2 is 1.30 bits per heavy atom. The van der Waals surface area contributed by atoms with Crippen LogP contribution in [0.2, 0.25) is 0 Å². The molecule has 0 heterocycles. The van der Waals surface area contributed by atoms with Crippen LogP contribution in [0.3, 0.4) is 0 Å². The fourth-order valence-corrected chi connectivity index (χ4v) is 1.87. The van der Waals surface area contributed by atoms with Gasteiger partial charge in [0.1, 0.15) is 5.76 Å². The third-order valence-electron chi connectivity index (χ3n) is 3.00. The van der Waals surface area contributed by atoms with Gasteiger partial charge in [0, 0.05) is 6.08 Å². The predicted octanol–water partition coefficient (Wildman–Crippen LogP) is 4.98. The van der Waals surface area contributed by atoms with Crippen molar-refractivity contribution in [3.05, 3.63) is 108 Å². The van der Waals surface area contributed by atoms with Gasteiger partial charge < -0.3 is 5.11 Å². The molecule has 0 aliphatic rings. The first-order chi connectivity index (χ1) is 11.2. The van der Waals surface area contributed by atoms with Crippen molar-refractivity contribution in [2.45, 2.75) is 0 Å². The molecule has 0 aromatic heterocycles. The Bertz CT molecular complexity index is 736. The molecule has 2 aromatic rings. The second-order valence-electron chi connectivity index (χ2n) is 4.84. The molecular weight excluding hydrogens is 284 g/mol. The van der Waals surface area contributed by atoms with Gasteiger partial charge in [-0.3, -0.25) is 4.79 Å². The Morgan fingerprint density at radius 1 is 0.739 bits per heavy atom. The molecule has 1 N–H and O–H groups in total. The average molecular weight is 302 g/mol. The third-order valence-corrected chi connectivity index (χ3v) is 3.00. The van der Waals surface area contributed by atoms with Crippen LogP contribution >= 0.6 is 0 Å². The lowest BCUT2D eigenvalue weighted by Crippen LogP contribution is -1.88. The van der Waals surface area contributed by atoms with Crippen LogP contribution in [0.25, 0.3) is 12.2 Å². The minimum atomic E-state index is -0.266. The Labute approximate surface area is 136 Å². The van der Waals surface area contributed by atoms with Gasteiger partial charge in [0.25, 0.3) is 0 Å². The summed E-state index contributed by atoms with van der Waals surface area (Å²) in [6.07, 6.45) is 11.2. The number of hydrogen-bond donors (Lipinski definition) is 1. The summed E-state index contributed by atoms with van der Waals surface area (Å²) in [5, 5.41) is 9.72. The summed E-state index contributed by atoms with van der Waals surface area (Å²) >= 11 is 0. The average Bonchev–Trinajstić information content (AvgIpc) is 2.59. The first-order valence-corrected chi connectivity index (χ1v) is 7.31. The Balaban J connectivity index is 1.89. The highest BCUT2D eigenvalue weighted by Gasteiger charge is 1.93. The number of ketones is 1. The van der Waals surface area contributed by atoms with E-state index >= 15 is 0 Å². The second-order valence-corrected chi connectivity index (χ2v) is 4.84. The molecule has 2 heteroatoms. The fraction of sp³-hybridized carbons (Fsp3) is 0. The van der Waals surface area contributed by atoms with Crippen LogP contribution in [0.1, 0.15) is 11.1 Å². The first kappa shape index (κ1) is 16.2. The minimum absolute atomic E-state index is 0.0736. The van der Waals surface area contributed by atoms with Gasteiger partial charge in [0.05, 0.1) is 0 Å². The van der Waals surface area contributed by atoms with Crippen molar-refractivity contribution >= 4 is 17.9 Å². The van der Waals surface area contributed by atoms with Crippen molar-refractivity contribution in [2.24, 2.45) is 0 Å². The molecule has 0 aliphatic heterocycles. The number of benzene rings is 2. The highest BCUT2D eigenvalue weighted by atomic mass is 16.3. The van der Waals surface area contributed by atoms with Crippen LogP contribution in [-0.4, -0.2) is 10.9 Å². The fourth-order valence-electron chi connectivity index (χ4n) is 1.87. The molecule has 0 fully saturated rings. The SMILES string of the molecule is O=C(/C=C(O)/C=C/c1ccccc1)/C=C/C=C/c1ccccc1. The maximum Gasteiger partial charge on any atom is 0.182 e. The van der Waals surface area contributed by atoms with Crippen LogP contribution in [0, 0.1) is 0 Å². The largest absolute Gasteiger partial charge is 0.508 e. The molecule has 0 unspecified atom stereocenters. The molecule has 2 rings (SSSR count). The van der Waals surface area contributed by atoms with Gasteiger partial charge >= 0.3 is 0 Å². The number of rotatable bonds is 6. The molecule has 2 nitrogen and oxygen atoms in total. The Kier molecular flexibility index (Phi) is 6.36. The maximum atomic E-state index is 11.7. The van der Waals surface area contributed by atoms with E-state index in [1.165, 1.54) is 18.2 Å². The van der Waals surface area contributed by atoms with Gasteiger partial charge in [-0.25, -0.2) is 0 Å². The van der Waals surface area contributed by atoms with Gasteiger partial charge in [-0.15, -0.1) is 0 Å². The van der Waals surface area contributed by atoms with E-state index in [9.17, 15) is 9.90 Å². The van der Waals surface area contributed by atoms with Crippen molar-refractivity contribution in [3.63, 3.8) is 0 Å². The molecule has 114 valence electrons. The van der Waals surface area contributed by atoms with Crippen molar-refractivity contribution < 1.29 is 9.90 Å². The number of carbonyl (C=O) groups is 1. The minimum Gasteiger partial charge on any atom is -0.508 e. The van der Waals surface area contributed by atoms with E-state index < -0.39 is 0 Å². The lowest BCUT2D eigenvalue weighted by molar-refractivity contribution is -0.110. The van der Waals surface area contributed by atoms with Gasteiger partial charge in [-0.2, -0.15) is 0 Å². The molecule has 23 heavy (non-hydrogen) atoms. The van der Waals surface area contributed by atoms with Crippen LogP contribution in [0.15, 0.2) is 96.8 Å². The summed E-state index contributed by atoms with van der Waals surface area (Å²) in [5.74, 6) is -0.339. The maximum absolute atomic E-state index is 11.7. The zero-order valence-electron chi connectivity index (χ0n) is 12.7. The monoisotopic (exact) mass is 302 g/mol. The lowest BCUT2D eigenvalue weighted by atomic mass is 10.2. The predicted molar refractivity (Wildman–Crippen MR) is 95.8 cm³/mol. The molecular formula is C21H18O2. The van der Waals surface area contributed by atoms with Crippen LogP contribution in [0.4, 0.5) is 0 Å². The molecule has 0 radical (unpaired) electrons. The molecule has 2 aromatic carbocycles. The summed E-state index contributed by atoms with van der Waals surface area (Å²) in [7, 11) is 0. The van der Waals surface area contributed by atoms with Gasteiger partial charge in [0.2, 0.25) is 0 Å². The summed E-state index contributed by atoms with van der Waals surface area (Å²) < 4.78 is 0. The summed E-state index contributed by atoms with van der Waals surface area (Å²) in [4.78, 5) is 11.7. The highest BCUT2D eigenvalue weighted by Crippen LogP contribution is 2.04. The van der Waals surface area contributed by atoms with Gasteiger partial charge in [-0.1, -0.05) is 85.0 Å². The molecule has 0 bridgehead atoms. The molecule has 0 saturated carbocycles. The summed E-state index contributed by atoms with van der Waals surface area (Å²) in [6, 6.07) is 19.4. The zero-order chi connectivity index (χ0) is 16.3. The first-order valence-electron chi connectivity index (χ1n) is 7.31. The smallest absolute Gasteiger partial charge is 0.182 e. The van der Waals surface area contributed by atoms with E-state index in [-0.39, 0.29) is 11.5 Å². The third kappa shape index (κ3) is 6.44. The van der Waals surface area contributed by atoms with Crippen molar-refractivity contribution in [1.29, 1.82) is 0 Å². The van der Waals surface area contributed by atoms with Crippen molar-refractivity contribution in [3.8, 4) is 0 Å². The van der Waals surface area contributed by atoms with Crippen LogP contribution in [-0.2, 0) is 4.79 Å². The summed E-state index contributed by atoms with van der Waals surface area (Å²) in [6.45, 7) is 0. The highest BCUT2D eigenvalue weighted by molar-refractivity contribution is 6.00. The van der Waals surface area contributed by atoms with E-state index in [2.05, 4.69) is 0 Å². The lowest BCUT2D eigenvalue weighted by Gasteiger charge is -1.92. The van der Waals surface area contributed by atoms with E-state index in [1.54, 1.807) is 18.2 Å². The molecule has 0 atom stereocenters. The second kappa shape index (κ2) is 9.00. The van der Waals surface area contributed by atoms with Crippen LogP contribution in [0.5, 0.6) is 0 Å². The quantitative estimate of drug-likeness (QED) is 0.464. The Hall–Kier alpha value is -3.13. The van der Waals surface area contributed by atoms with Crippen molar-refractivity contribution in [1.82, 2.24) is 0 Å². The summed E-state index contributed by atoms with van der Waals surface area (Å²) in [5.41, 5.74) is 2.02. The van der Waals surface area contributed by atoms with E-state index in [1.807, 2.05) is 66.7 Å². The standard InChI is InChI=1S/C21H18O2/c22-20(14-8-7-13-18-9-3-1-4-10-18)17-21(23)16-15-19-11-5-2-6-12-19/h1-17,23H/b13-7+,14-8+,16-15+,21-17-. The molecule has 0 spiro atoms. The number of aliphatic hydroxyl groups excluding tert-OH is 1. The zero-order valence-corrected chi connectivity index (χ0v) is 12.7. The van der Waals surface area contributed by atoms with Gasteiger partial charge in [0.15, 0.2) is 5.78 Å². The normalized spacial score (nSPS) is 12.4. The molecule has 0 saturated heterocycles. The topological polar surface area (TPSA) is 37.3 Å². The van der Waals surface area contributed by atoms with Crippen molar-refractivity contribution in [2.75, 3.05) is 0 Å². The van der Waals surface area contributed by atoms with E-state index in [4.69, 9.17) is 0 Å². The number of aliphatic hydroxyl groups is 1. The molecule has 0 aliphatic carbocycles. The van der Waals surface area contributed by atoms with Crippen LogP contribution < -0.4 is 0 Å². The number of carbonyl (C=O) groups excluding carboxylic acids is 1. The van der Waals surface area contributed by atoms with E-state index in [0.717, 1.165) is 11.1 Å². The van der Waals surface area contributed by atoms with E-state index in [0.29, 0.717) is 0 Å². The Morgan fingerprint density at radius 3 is 1.91 bits per heavy atom. The van der Waals surface area contributed by atoms with Gasteiger partial charge in [-0.05, 0) is 23.3 Å². The number of allylic oxidation sites excluding steroid dienone is 5. The molecule has 0 amide bonds. The number of hydrogen-bond acceptors (Lipinski definition) is 2.